The number of benzene rings is 1. The summed E-state index contributed by atoms with van der Waals surface area (Å²) in [5.74, 6) is 0.0826. The van der Waals surface area contributed by atoms with E-state index < -0.39 is 12.1 Å². The van der Waals surface area contributed by atoms with E-state index in [1.54, 1.807) is 13.0 Å². The summed E-state index contributed by atoms with van der Waals surface area (Å²) in [5.41, 5.74) is 11.2. The Morgan fingerprint density at radius 3 is 2.71 bits per heavy atom. The SMILES string of the molecule is Cc1ccc(C2=C[C@H](C(=O)N[C@@H](C)C(=O)N[C@@H]3CCc4nc(N)ccc43)NCC2)cc1. The molecule has 0 unspecified atom stereocenters. The summed E-state index contributed by atoms with van der Waals surface area (Å²) >= 11 is 0. The van der Waals surface area contributed by atoms with Gasteiger partial charge in [0, 0.05) is 12.2 Å². The molecular formula is C24H29N5O2. The Hall–Kier alpha value is -3.19. The molecule has 0 saturated heterocycles. The van der Waals surface area contributed by atoms with Crippen LogP contribution < -0.4 is 21.7 Å². The van der Waals surface area contributed by atoms with Crippen LogP contribution in [0, 0.1) is 6.92 Å². The standard InChI is InChI=1S/C24H29N5O2/c1-14-3-5-16(6-4-14)17-11-12-26-21(13-17)24(31)27-15(2)23(30)29-20-9-8-19-18(20)7-10-22(25)28-19/h3-7,10,13,15,20-21,26H,8-9,11-12H2,1-2H3,(H2,25,28)(H,27,31)(H,29,30)/t15-,20+,21+/m0/s1. The number of hydrogen-bond donors (Lipinski definition) is 4. The normalized spacial score (nSPS) is 21.0. The van der Waals surface area contributed by atoms with E-state index in [1.807, 2.05) is 12.1 Å². The molecule has 0 radical (unpaired) electrons. The van der Waals surface area contributed by atoms with E-state index in [2.05, 4.69) is 52.1 Å². The van der Waals surface area contributed by atoms with Crippen LogP contribution in [-0.4, -0.2) is 35.4 Å². The predicted molar refractivity (Wildman–Crippen MR) is 121 cm³/mol. The number of rotatable bonds is 5. The number of fused-ring (bicyclic) bond motifs is 1. The predicted octanol–water partition coefficient (Wildman–Crippen LogP) is 2.03. The first-order valence-corrected chi connectivity index (χ1v) is 10.8. The van der Waals surface area contributed by atoms with Crippen molar-refractivity contribution in [1.29, 1.82) is 0 Å². The van der Waals surface area contributed by atoms with Crippen LogP contribution >= 0.6 is 0 Å². The maximum atomic E-state index is 12.8. The Morgan fingerprint density at radius 1 is 1.16 bits per heavy atom. The Labute approximate surface area is 182 Å². The maximum absolute atomic E-state index is 12.8. The Morgan fingerprint density at radius 2 is 1.94 bits per heavy atom. The fraction of sp³-hybridized carbons (Fsp3) is 0.375. The lowest BCUT2D eigenvalue weighted by molar-refractivity contribution is -0.129. The van der Waals surface area contributed by atoms with Crippen molar-refractivity contribution in [3.05, 3.63) is 64.9 Å². The van der Waals surface area contributed by atoms with Crippen LogP contribution in [0.1, 0.15) is 48.2 Å². The fourth-order valence-corrected chi connectivity index (χ4v) is 4.18. The topological polar surface area (TPSA) is 109 Å². The third-order valence-electron chi connectivity index (χ3n) is 5.98. The molecular weight excluding hydrogens is 390 g/mol. The van der Waals surface area contributed by atoms with Gasteiger partial charge in [-0.3, -0.25) is 9.59 Å². The highest BCUT2D eigenvalue weighted by Gasteiger charge is 2.28. The van der Waals surface area contributed by atoms with Crippen LogP contribution in [0.4, 0.5) is 5.82 Å². The molecule has 7 nitrogen and oxygen atoms in total. The molecule has 4 rings (SSSR count). The minimum Gasteiger partial charge on any atom is -0.384 e. The van der Waals surface area contributed by atoms with E-state index in [0.717, 1.165) is 41.7 Å². The lowest BCUT2D eigenvalue weighted by Gasteiger charge is -2.25. The average Bonchev–Trinajstić information content (AvgIpc) is 3.15. The van der Waals surface area contributed by atoms with Crippen molar-refractivity contribution in [3.63, 3.8) is 0 Å². The van der Waals surface area contributed by atoms with Gasteiger partial charge < -0.3 is 21.7 Å². The van der Waals surface area contributed by atoms with Crippen LogP contribution in [0.5, 0.6) is 0 Å². The van der Waals surface area contributed by atoms with Crippen LogP contribution in [0.2, 0.25) is 0 Å². The van der Waals surface area contributed by atoms with Gasteiger partial charge in [-0.2, -0.15) is 0 Å². The van der Waals surface area contributed by atoms with Crippen molar-refractivity contribution in [3.8, 4) is 0 Å². The van der Waals surface area contributed by atoms with Crippen molar-refractivity contribution in [2.75, 3.05) is 12.3 Å². The highest BCUT2D eigenvalue weighted by atomic mass is 16.2. The molecule has 1 aliphatic heterocycles. The Balaban J connectivity index is 1.36. The molecule has 2 amide bonds. The number of aryl methyl sites for hydroxylation is 2. The Bertz CT molecular complexity index is 1020. The first kappa shape index (κ1) is 21.1. The summed E-state index contributed by atoms with van der Waals surface area (Å²) in [6, 6.07) is 10.8. The minimum absolute atomic E-state index is 0.101. The number of hydrogen-bond acceptors (Lipinski definition) is 5. The maximum Gasteiger partial charge on any atom is 0.242 e. The molecule has 1 aromatic heterocycles. The highest BCUT2D eigenvalue weighted by molar-refractivity contribution is 5.92. The summed E-state index contributed by atoms with van der Waals surface area (Å²) in [6.45, 7) is 4.48. The molecule has 0 bridgehead atoms. The van der Waals surface area contributed by atoms with Gasteiger partial charge in [0.15, 0.2) is 0 Å². The van der Waals surface area contributed by atoms with Gasteiger partial charge in [0.1, 0.15) is 17.9 Å². The lowest BCUT2D eigenvalue weighted by Crippen LogP contribution is -2.52. The fourth-order valence-electron chi connectivity index (χ4n) is 4.18. The van der Waals surface area contributed by atoms with Gasteiger partial charge in [-0.25, -0.2) is 4.98 Å². The Kier molecular flexibility index (Phi) is 6.04. The van der Waals surface area contributed by atoms with E-state index in [9.17, 15) is 9.59 Å². The number of anilines is 1. The summed E-state index contributed by atoms with van der Waals surface area (Å²) in [7, 11) is 0. The van der Waals surface area contributed by atoms with Crippen LogP contribution in [-0.2, 0) is 16.0 Å². The van der Waals surface area contributed by atoms with Gasteiger partial charge in [-0.05, 0) is 55.9 Å². The number of nitrogens with two attached hydrogens (primary N) is 1. The highest BCUT2D eigenvalue weighted by Crippen LogP contribution is 2.30. The van der Waals surface area contributed by atoms with E-state index >= 15 is 0 Å². The summed E-state index contributed by atoms with van der Waals surface area (Å²) in [5, 5.41) is 9.10. The third-order valence-corrected chi connectivity index (χ3v) is 5.98. The molecule has 0 fully saturated rings. The number of nitrogens with one attached hydrogen (secondary N) is 3. The number of carbonyl (C=O) groups is 2. The average molecular weight is 420 g/mol. The van der Waals surface area contributed by atoms with Gasteiger partial charge in [0.25, 0.3) is 0 Å². The van der Waals surface area contributed by atoms with Gasteiger partial charge in [-0.15, -0.1) is 0 Å². The smallest absolute Gasteiger partial charge is 0.242 e. The molecule has 2 aromatic rings. The van der Waals surface area contributed by atoms with E-state index in [0.29, 0.717) is 12.4 Å². The lowest BCUT2D eigenvalue weighted by atomic mass is 9.96. The molecule has 0 spiro atoms. The molecule has 2 aliphatic rings. The zero-order chi connectivity index (χ0) is 22.0. The first-order chi connectivity index (χ1) is 14.9. The molecule has 31 heavy (non-hydrogen) atoms. The second-order valence-electron chi connectivity index (χ2n) is 8.34. The molecule has 0 saturated carbocycles. The third kappa shape index (κ3) is 4.77. The molecule has 2 heterocycles. The van der Waals surface area contributed by atoms with Crippen molar-refractivity contribution >= 4 is 23.2 Å². The molecule has 1 aliphatic carbocycles. The number of nitrogen functional groups attached to an aromatic ring is 1. The number of amides is 2. The van der Waals surface area contributed by atoms with Crippen LogP contribution in [0.15, 0.2) is 42.5 Å². The molecule has 162 valence electrons. The molecule has 5 N–H and O–H groups in total. The summed E-state index contributed by atoms with van der Waals surface area (Å²) < 4.78 is 0. The van der Waals surface area contributed by atoms with Gasteiger partial charge in [0.2, 0.25) is 11.8 Å². The largest absolute Gasteiger partial charge is 0.384 e. The summed E-state index contributed by atoms with van der Waals surface area (Å²) in [4.78, 5) is 29.8. The van der Waals surface area contributed by atoms with Crippen LogP contribution in [0.3, 0.4) is 0 Å². The minimum atomic E-state index is -0.641. The molecule has 7 heteroatoms. The summed E-state index contributed by atoms with van der Waals surface area (Å²) in [6.07, 6.45) is 4.38. The number of carbonyl (C=O) groups excluding carboxylic acids is 2. The zero-order valence-corrected chi connectivity index (χ0v) is 17.9. The number of nitrogens with zero attached hydrogens (tertiary/aromatic N) is 1. The quantitative estimate of drug-likeness (QED) is 0.593. The van der Waals surface area contributed by atoms with E-state index in [4.69, 9.17) is 5.73 Å². The monoisotopic (exact) mass is 419 g/mol. The van der Waals surface area contributed by atoms with Crippen molar-refractivity contribution in [2.45, 2.75) is 51.2 Å². The number of aromatic nitrogens is 1. The van der Waals surface area contributed by atoms with Crippen molar-refractivity contribution in [1.82, 2.24) is 20.9 Å². The van der Waals surface area contributed by atoms with Crippen LogP contribution in [0.25, 0.3) is 5.57 Å². The van der Waals surface area contributed by atoms with Crippen molar-refractivity contribution in [2.24, 2.45) is 0 Å². The van der Waals surface area contributed by atoms with E-state index in [1.165, 1.54) is 5.56 Å². The number of pyridine rings is 1. The zero-order valence-electron chi connectivity index (χ0n) is 17.9. The first-order valence-electron chi connectivity index (χ1n) is 10.8. The van der Waals surface area contributed by atoms with Crippen molar-refractivity contribution < 1.29 is 9.59 Å². The molecule has 3 atom stereocenters. The van der Waals surface area contributed by atoms with Gasteiger partial charge in [-0.1, -0.05) is 42.0 Å². The second-order valence-corrected chi connectivity index (χ2v) is 8.34. The van der Waals surface area contributed by atoms with E-state index in [-0.39, 0.29) is 17.9 Å². The molecule has 1 aromatic carbocycles. The van der Waals surface area contributed by atoms with Gasteiger partial charge in [0.05, 0.1) is 6.04 Å². The second kappa shape index (κ2) is 8.89. The van der Waals surface area contributed by atoms with Gasteiger partial charge >= 0.3 is 0 Å².